The van der Waals surface area contributed by atoms with E-state index in [0.717, 1.165) is 12.2 Å². The monoisotopic (exact) mass is 268 g/mol. The number of hydrogen-bond donors (Lipinski definition) is 0. The molecule has 0 N–H and O–H groups in total. The minimum absolute atomic E-state index is 0.917. The van der Waals surface area contributed by atoms with Crippen molar-refractivity contribution in [1.82, 2.24) is 0 Å². The van der Waals surface area contributed by atoms with Gasteiger partial charge in [0, 0.05) is 11.3 Å². The van der Waals surface area contributed by atoms with Gasteiger partial charge in [-0.2, -0.15) is 0 Å². The third-order valence-corrected chi connectivity index (χ3v) is 3.70. The van der Waals surface area contributed by atoms with Crippen LogP contribution in [0.3, 0.4) is 0 Å². The van der Waals surface area contributed by atoms with Crippen molar-refractivity contribution in [3.05, 3.63) is 52.2 Å². The van der Waals surface area contributed by atoms with E-state index in [9.17, 15) is 0 Å². The van der Waals surface area contributed by atoms with Gasteiger partial charge < -0.3 is 4.74 Å². The molecule has 1 aromatic carbocycles. The van der Waals surface area contributed by atoms with Gasteiger partial charge in [0.05, 0.1) is 7.11 Å². The van der Waals surface area contributed by atoms with Crippen LogP contribution in [0.2, 0.25) is 5.09 Å². The summed E-state index contributed by atoms with van der Waals surface area (Å²) in [6.45, 7) is 2.21. The molecule has 0 radical (unpaired) electrons. The summed E-state index contributed by atoms with van der Waals surface area (Å²) in [6, 6.07) is 12.5. The molecule has 0 unspecified atom stereocenters. The molecule has 0 aliphatic rings. The normalized spacial score (nSPS) is 9.68. The van der Waals surface area contributed by atoms with Gasteiger partial charge in [-0.15, -0.1) is 11.3 Å². The Morgan fingerprint density at radius 2 is 1.89 bits per heavy atom. The third-order valence-electron chi connectivity index (χ3n) is 2.82. The minimum atomic E-state index is 0.917. The van der Waals surface area contributed by atoms with Gasteiger partial charge >= 0.3 is 42.6 Å². The molecule has 2 aromatic rings. The molecule has 0 saturated carbocycles. The first-order valence-corrected chi connectivity index (χ1v) is 7.83. The van der Waals surface area contributed by atoms with Crippen LogP contribution in [0.4, 0.5) is 0 Å². The number of hydrogen-bond acceptors (Lipinski definition) is 2. The standard InChI is InChI=1S/C12H12OS.C4H9.Li/c1-13-11-6-4-10(5-7-11)9-12-3-2-8-14-12;1-3-4-2;/h2-8H,9H2,1H3;1,3-4H2,2H3;. The predicted octanol–water partition coefficient (Wildman–Crippen LogP) is 4.72. The SMILES string of the molecule is COc1ccc(Cc2cccs2)cc1.[Li][CH2]CCC. The quantitative estimate of drug-likeness (QED) is 0.713. The topological polar surface area (TPSA) is 9.23 Å². The first-order valence-electron chi connectivity index (χ1n) is 6.95. The maximum absolute atomic E-state index is 5.11. The third kappa shape index (κ3) is 6.87. The summed E-state index contributed by atoms with van der Waals surface area (Å²) in [4.78, 5) is 1.40. The molecule has 0 amide bonds. The van der Waals surface area contributed by atoms with Gasteiger partial charge in [0.2, 0.25) is 0 Å². The van der Waals surface area contributed by atoms with Gasteiger partial charge in [-0.3, -0.25) is 0 Å². The van der Waals surface area contributed by atoms with Crippen molar-refractivity contribution in [1.29, 1.82) is 0 Å². The molecular formula is C16H21LiOS. The van der Waals surface area contributed by atoms with E-state index >= 15 is 0 Å². The van der Waals surface area contributed by atoms with Crippen LogP contribution in [-0.2, 0) is 6.42 Å². The molecule has 19 heavy (non-hydrogen) atoms. The molecular weight excluding hydrogens is 247 g/mol. The van der Waals surface area contributed by atoms with Crippen LogP contribution in [0.5, 0.6) is 5.75 Å². The first kappa shape index (κ1) is 16.4. The van der Waals surface area contributed by atoms with Crippen LogP contribution in [0.25, 0.3) is 0 Å². The van der Waals surface area contributed by atoms with E-state index in [1.165, 1.54) is 28.4 Å². The van der Waals surface area contributed by atoms with Crippen molar-refractivity contribution in [2.45, 2.75) is 31.3 Å². The maximum atomic E-state index is 5.11. The second-order valence-electron chi connectivity index (χ2n) is 4.46. The van der Waals surface area contributed by atoms with Crippen LogP contribution in [0, 0.1) is 0 Å². The summed E-state index contributed by atoms with van der Waals surface area (Å²) in [5.41, 5.74) is 1.33. The Balaban J connectivity index is 0.000000312. The Morgan fingerprint density at radius 3 is 2.32 bits per heavy atom. The molecule has 0 fully saturated rings. The second kappa shape index (κ2) is 10.1. The van der Waals surface area contributed by atoms with Crippen molar-refractivity contribution in [3.8, 4) is 5.75 Å². The molecule has 0 atom stereocenters. The van der Waals surface area contributed by atoms with Crippen LogP contribution in [0.1, 0.15) is 30.2 Å². The van der Waals surface area contributed by atoms with Crippen LogP contribution < -0.4 is 4.74 Å². The van der Waals surface area contributed by atoms with Gasteiger partial charge in [-0.05, 0) is 29.1 Å². The van der Waals surface area contributed by atoms with E-state index in [2.05, 4.69) is 54.3 Å². The van der Waals surface area contributed by atoms with Crippen LogP contribution in [-0.4, -0.2) is 24.8 Å². The van der Waals surface area contributed by atoms with E-state index in [0.29, 0.717) is 0 Å². The van der Waals surface area contributed by atoms with Crippen molar-refractivity contribution in [3.63, 3.8) is 0 Å². The first-order chi connectivity index (χ1) is 9.30. The fourth-order valence-electron chi connectivity index (χ4n) is 1.71. The van der Waals surface area contributed by atoms with Crippen molar-refractivity contribution >= 4 is 29.1 Å². The number of thiophene rings is 1. The summed E-state index contributed by atoms with van der Waals surface area (Å²) < 4.78 is 5.11. The van der Waals surface area contributed by atoms with E-state index in [1.54, 1.807) is 18.4 Å². The van der Waals surface area contributed by atoms with E-state index in [-0.39, 0.29) is 0 Å². The molecule has 1 nitrogen and oxygen atoms in total. The van der Waals surface area contributed by atoms with E-state index in [4.69, 9.17) is 4.74 Å². The predicted molar refractivity (Wildman–Crippen MR) is 85.6 cm³/mol. The molecule has 2 rings (SSSR count). The van der Waals surface area contributed by atoms with Crippen molar-refractivity contribution in [2.24, 2.45) is 0 Å². The zero-order valence-electron chi connectivity index (χ0n) is 12.2. The molecule has 0 aliphatic heterocycles. The van der Waals surface area contributed by atoms with Gasteiger partial charge in [0.1, 0.15) is 5.75 Å². The van der Waals surface area contributed by atoms with Crippen molar-refractivity contribution in [2.75, 3.05) is 7.11 Å². The zero-order valence-corrected chi connectivity index (χ0v) is 13.0. The molecule has 0 spiro atoms. The van der Waals surface area contributed by atoms with Gasteiger partial charge in [0.15, 0.2) is 0 Å². The molecule has 0 bridgehead atoms. The molecule has 0 aliphatic carbocycles. The summed E-state index contributed by atoms with van der Waals surface area (Å²) in [6.07, 6.45) is 3.75. The zero-order chi connectivity index (χ0) is 13.9. The number of methoxy groups -OCH3 is 1. The summed E-state index contributed by atoms with van der Waals surface area (Å²) >= 11 is 4.01. The van der Waals surface area contributed by atoms with E-state index in [1.807, 2.05) is 12.1 Å². The summed E-state index contributed by atoms with van der Waals surface area (Å²) in [7, 11) is 1.69. The molecule has 3 heteroatoms. The fourth-order valence-corrected chi connectivity index (χ4v) is 2.45. The molecule has 1 heterocycles. The van der Waals surface area contributed by atoms with Crippen LogP contribution >= 0.6 is 11.3 Å². The number of unbranched alkanes of at least 4 members (excludes halogenated alkanes) is 1. The van der Waals surface area contributed by atoms with Gasteiger partial charge in [-0.1, -0.05) is 18.2 Å². The summed E-state index contributed by atoms with van der Waals surface area (Å²) in [5, 5.41) is 3.45. The van der Waals surface area contributed by atoms with E-state index < -0.39 is 0 Å². The molecule has 0 saturated heterocycles. The fraction of sp³-hybridized carbons (Fsp3) is 0.375. The number of benzene rings is 1. The summed E-state index contributed by atoms with van der Waals surface area (Å²) in [5.74, 6) is 0.917. The second-order valence-corrected chi connectivity index (χ2v) is 5.49. The van der Waals surface area contributed by atoms with Crippen LogP contribution in [0.15, 0.2) is 41.8 Å². The molecule has 98 valence electrons. The average Bonchev–Trinajstić information content (AvgIpc) is 2.94. The van der Waals surface area contributed by atoms with Crippen molar-refractivity contribution < 1.29 is 4.74 Å². The van der Waals surface area contributed by atoms with Gasteiger partial charge in [-0.25, -0.2) is 0 Å². The Morgan fingerprint density at radius 1 is 1.16 bits per heavy atom. The Labute approximate surface area is 130 Å². The molecule has 1 aromatic heterocycles. The average molecular weight is 268 g/mol. The Hall–Kier alpha value is -0.683. The van der Waals surface area contributed by atoms with Gasteiger partial charge in [0.25, 0.3) is 0 Å². The number of ether oxygens (including phenoxy) is 1. The Bertz CT molecular complexity index is 421. The number of rotatable bonds is 5. The Kier molecular flexibility index (Phi) is 8.74.